The zero-order valence-corrected chi connectivity index (χ0v) is 16.4. The molecule has 0 saturated carbocycles. The quantitative estimate of drug-likeness (QED) is 0.756. The molecule has 4 rings (SSSR count). The maximum Gasteiger partial charge on any atom is 0.336 e. The van der Waals surface area contributed by atoms with Crippen molar-refractivity contribution in [3.8, 4) is 0 Å². The molecule has 7 nitrogen and oxygen atoms in total. The Morgan fingerprint density at radius 2 is 2.11 bits per heavy atom. The largest absolute Gasteiger partial charge is 0.423 e. The summed E-state index contributed by atoms with van der Waals surface area (Å²) in [5.74, 6) is 0.329. The molecule has 0 aliphatic carbocycles. The van der Waals surface area contributed by atoms with Crippen molar-refractivity contribution in [2.45, 2.75) is 6.92 Å². The van der Waals surface area contributed by atoms with Crippen molar-refractivity contribution in [1.29, 1.82) is 0 Å². The Bertz CT molecular complexity index is 1130. The van der Waals surface area contributed by atoms with E-state index in [0.29, 0.717) is 22.9 Å². The van der Waals surface area contributed by atoms with E-state index in [0.717, 1.165) is 15.3 Å². The Balaban J connectivity index is 1.32. The average molecular weight is 413 g/mol. The molecule has 2 amide bonds. The third-order valence-electron chi connectivity index (χ3n) is 4.04. The maximum atomic E-state index is 12.2. The summed E-state index contributed by atoms with van der Waals surface area (Å²) in [5, 5.41) is 4.29. The number of carbonyl (C=O) groups excluding carboxylic acids is 2. The minimum atomic E-state index is -0.415. The number of nitrogens with one attached hydrogen (secondary N) is 1. The number of hydrogen-bond donors (Lipinski definition) is 1. The molecule has 0 saturated heterocycles. The Hall–Kier alpha value is -2.65. The van der Waals surface area contributed by atoms with E-state index in [4.69, 9.17) is 4.42 Å². The SMILES string of the molecule is CC1=CC2C(=O)N=C(CSCC(=O)Nc3ccc4oc(=O)ccc4c3)N=C2S1. The van der Waals surface area contributed by atoms with Crippen LogP contribution in [-0.2, 0) is 9.59 Å². The second kappa shape index (κ2) is 7.76. The Kier molecular flexibility index (Phi) is 5.19. The number of anilines is 1. The van der Waals surface area contributed by atoms with Crippen LogP contribution in [0.4, 0.5) is 5.69 Å². The highest BCUT2D eigenvalue weighted by molar-refractivity contribution is 8.17. The molecule has 1 aromatic carbocycles. The van der Waals surface area contributed by atoms with E-state index in [1.54, 1.807) is 24.3 Å². The van der Waals surface area contributed by atoms with Crippen molar-refractivity contribution in [2.75, 3.05) is 16.8 Å². The van der Waals surface area contributed by atoms with Crippen molar-refractivity contribution >= 4 is 62.9 Å². The van der Waals surface area contributed by atoms with E-state index in [2.05, 4.69) is 15.3 Å². The molecule has 0 spiro atoms. The molecule has 9 heteroatoms. The van der Waals surface area contributed by atoms with Gasteiger partial charge in [-0.1, -0.05) is 17.8 Å². The third kappa shape index (κ3) is 4.10. The molecule has 2 aromatic rings. The van der Waals surface area contributed by atoms with Crippen LogP contribution >= 0.6 is 23.5 Å². The van der Waals surface area contributed by atoms with Crippen molar-refractivity contribution < 1.29 is 14.0 Å². The summed E-state index contributed by atoms with van der Waals surface area (Å²) in [6, 6.07) is 8.04. The fourth-order valence-electron chi connectivity index (χ4n) is 2.83. The number of benzene rings is 1. The summed E-state index contributed by atoms with van der Waals surface area (Å²) in [6.07, 6.45) is 1.88. The topological polar surface area (TPSA) is 101 Å². The number of amides is 2. The van der Waals surface area contributed by atoms with Crippen LogP contribution in [-0.4, -0.2) is 34.2 Å². The lowest BCUT2D eigenvalue weighted by Gasteiger charge is -2.12. The van der Waals surface area contributed by atoms with Gasteiger partial charge in [0.05, 0.1) is 16.5 Å². The summed E-state index contributed by atoms with van der Waals surface area (Å²) in [5.41, 5.74) is 0.664. The molecular formula is C19H15N3O4S2. The number of rotatable bonds is 5. The first-order chi connectivity index (χ1) is 13.5. The van der Waals surface area contributed by atoms with Crippen molar-refractivity contribution in [3.63, 3.8) is 0 Å². The molecule has 2 aliphatic rings. The standard InChI is InChI=1S/C19H15N3O4S2/c1-10-6-13-18(25)21-15(22-19(13)28-10)8-27-9-16(23)20-12-3-4-14-11(7-12)2-5-17(24)26-14/h2-7,13H,8-9H2,1H3,(H,20,23). The lowest BCUT2D eigenvalue weighted by atomic mass is 10.1. The Labute approximate surface area is 168 Å². The number of hydrogen-bond acceptors (Lipinski definition) is 7. The van der Waals surface area contributed by atoms with Crippen molar-refractivity contribution in [1.82, 2.24) is 0 Å². The van der Waals surface area contributed by atoms with E-state index in [-0.39, 0.29) is 23.5 Å². The van der Waals surface area contributed by atoms with Crippen LogP contribution in [0, 0.1) is 5.92 Å². The van der Waals surface area contributed by atoms with Gasteiger partial charge < -0.3 is 9.73 Å². The Morgan fingerprint density at radius 1 is 1.25 bits per heavy atom. The fraction of sp³-hybridized carbons (Fsp3) is 0.211. The van der Waals surface area contributed by atoms with Crippen LogP contribution in [0.5, 0.6) is 0 Å². The summed E-state index contributed by atoms with van der Waals surface area (Å²) in [7, 11) is 0. The molecule has 3 heterocycles. The maximum absolute atomic E-state index is 12.2. The molecule has 2 aliphatic heterocycles. The zero-order valence-electron chi connectivity index (χ0n) is 14.8. The second-order valence-corrected chi connectivity index (χ2v) is 8.47. The van der Waals surface area contributed by atoms with Gasteiger partial charge in [0, 0.05) is 17.1 Å². The molecule has 1 N–H and O–H groups in total. The lowest BCUT2D eigenvalue weighted by molar-refractivity contribution is -0.118. The van der Waals surface area contributed by atoms with Gasteiger partial charge in [-0.05, 0) is 36.1 Å². The van der Waals surface area contributed by atoms with Gasteiger partial charge in [-0.15, -0.1) is 11.8 Å². The van der Waals surface area contributed by atoms with Crippen LogP contribution in [0.15, 0.2) is 60.5 Å². The average Bonchev–Trinajstić information content (AvgIpc) is 3.03. The summed E-state index contributed by atoms with van der Waals surface area (Å²) in [4.78, 5) is 45.0. The first kappa shape index (κ1) is 18.7. The highest BCUT2D eigenvalue weighted by Crippen LogP contribution is 2.34. The molecule has 1 aromatic heterocycles. The number of aliphatic imine (C=N–C) groups is 2. The number of nitrogens with zero attached hydrogens (tertiary/aromatic N) is 2. The van der Waals surface area contributed by atoms with Gasteiger partial charge in [0.25, 0.3) is 5.91 Å². The van der Waals surface area contributed by atoms with Crippen LogP contribution in [0.25, 0.3) is 11.0 Å². The van der Waals surface area contributed by atoms with Gasteiger partial charge in [-0.2, -0.15) is 4.99 Å². The van der Waals surface area contributed by atoms with Crippen LogP contribution < -0.4 is 10.9 Å². The molecule has 0 fully saturated rings. The molecular weight excluding hydrogens is 398 g/mol. The van der Waals surface area contributed by atoms with Gasteiger partial charge in [-0.3, -0.25) is 9.59 Å². The number of carbonyl (C=O) groups is 2. The highest BCUT2D eigenvalue weighted by atomic mass is 32.2. The zero-order chi connectivity index (χ0) is 19.7. The summed E-state index contributed by atoms with van der Waals surface area (Å²) >= 11 is 2.84. The normalized spacial score (nSPS) is 18.4. The van der Waals surface area contributed by atoms with E-state index >= 15 is 0 Å². The monoisotopic (exact) mass is 413 g/mol. The first-order valence-corrected chi connectivity index (χ1v) is 10.4. The van der Waals surface area contributed by atoms with Crippen LogP contribution in [0.2, 0.25) is 0 Å². The molecule has 0 radical (unpaired) electrons. The van der Waals surface area contributed by atoms with E-state index in [9.17, 15) is 14.4 Å². The minimum absolute atomic E-state index is 0.178. The van der Waals surface area contributed by atoms with Crippen LogP contribution in [0.3, 0.4) is 0 Å². The van der Waals surface area contributed by atoms with Gasteiger partial charge in [0.1, 0.15) is 17.3 Å². The van der Waals surface area contributed by atoms with Crippen molar-refractivity contribution in [3.05, 3.63) is 51.7 Å². The third-order valence-corrected chi connectivity index (χ3v) is 5.99. The molecule has 1 atom stereocenters. The Morgan fingerprint density at radius 3 is 2.96 bits per heavy atom. The lowest BCUT2D eigenvalue weighted by Crippen LogP contribution is -2.24. The predicted octanol–water partition coefficient (Wildman–Crippen LogP) is 3.07. The highest BCUT2D eigenvalue weighted by Gasteiger charge is 2.32. The molecule has 0 bridgehead atoms. The van der Waals surface area contributed by atoms with Gasteiger partial charge in [0.2, 0.25) is 5.91 Å². The number of allylic oxidation sites excluding steroid dienone is 1. The van der Waals surface area contributed by atoms with E-state index in [1.807, 2.05) is 13.0 Å². The minimum Gasteiger partial charge on any atom is -0.423 e. The fourth-order valence-corrected chi connectivity index (χ4v) is 4.49. The van der Waals surface area contributed by atoms with E-state index in [1.165, 1.54) is 29.6 Å². The van der Waals surface area contributed by atoms with Gasteiger partial charge in [0.15, 0.2) is 0 Å². The van der Waals surface area contributed by atoms with Gasteiger partial charge >= 0.3 is 5.63 Å². The molecule has 1 unspecified atom stereocenters. The number of amidine groups is 1. The van der Waals surface area contributed by atoms with E-state index < -0.39 is 5.63 Å². The summed E-state index contributed by atoms with van der Waals surface area (Å²) in [6.45, 7) is 1.94. The summed E-state index contributed by atoms with van der Waals surface area (Å²) < 4.78 is 5.07. The van der Waals surface area contributed by atoms with Crippen LogP contribution in [0.1, 0.15) is 6.92 Å². The second-order valence-electron chi connectivity index (χ2n) is 6.22. The number of thioether (sulfide) groups is 2. The first-order valence-electron chi connectivity index (χ1n) is 8.46. The molecule has 28 heavy (non-hydrogen) atoms. The molecule has 142 valence electrons. The van der Waals surface area contributed by atoms with Crippen molar-refractivity contribution in [2.24, 2.45) is 15.9 Å². The number of fused-ring (bicyclic) bond motifs is 2. The van der Waals surface area contributed by atoms with Gasteiger partial charge in [-0.25, -0.2) is 9.79 Å². The smallest absolute Gasteiger partial charge is 0.336 e. The predicted molar refractivity (Wildman–Crippen MR) is 113 cm³/mol.